The Hall–Kier alpha value is -2.52. The van der Waals surface area contributed by atoms with Gasteiger partial charge in [-0.3, -0.25) is 0 Å². The molecule has 2 aromatic carbocycles. The summed E-state index contributed by atoms with van der Waals surface area (Å²) in [5, 5.41) is 21.3. The molecular formula is C22H22O2. The Bertz CT molecular complexity index is 659. The molecule has 0 unspecified atom stereocenters. The molecule has 122 valence electrons. The topological polar surface area (TPSA) is 40.5 Å². The van der Waals surface area contributed by atoms with Crippen molar-refractivity contribution in [2.75, 3.05) is 0 Å². The minimum Gasteiger partial charge on any atom is -0.373 e. The van der Waals surface area contributed by atoms with E-state index in [0.717, 1.165) is 0 Å². The highest BCUT2D eigenvalue weighted by Gasteiger charge is 2.28. The SMILES string of the molecule is C#C[C@@](O)(CCCC[C@@](O)(C#C)c1ccccc1)c1ccccc1. The highest BCUT2D eigenvalue weighted by atomic mass is 16.3. The summed E-state index contributed by atoms with van der Waals surface area (Å²) < 4.78 is 0. The second kappa shape index (κ2) is 7.84. The van der Waals surface area contributed by atoms with E-state index in [1.165, 1.54) is 0 Å². The highest BCUT2D eigenvalue weighted by molar-refractivity contribution is 5.31. The lowest BCUT2D eigenvalue weighted by Crippen LogP contribution is -2.25. The summed E-state index contributed by atoms with van der Waals surface area (Å²) in [6, 6.07) is 18.5. The minimum absolute atomic E-state index is 0.420. The fourth-order valence-electron chi connectivity index (χ4n) is 2.79. The molecule has 0 radical (unpaired) electrons. The lowest BCUT2D eigenvalue weighted by Gasteiger charge is -2.25. The molecule has 2 heteroatoms. The Morgan fingerprint density at radius 1 is 0.667 bits per heavy atom. The number of hydrogen-bond acceptors (Lipinski definition) is 2. The molecular weight excluding hydrogens is 296 g/mol. The molecule has 0 bridgehead atoms. The average Bonchev–Trinajstić information content (AvgIpc) is 2.66. The first-order chi connectivity index (χ1) is 11.5. The molecule has 2 nitrogen and oxygen atoms in total. The third-order valence-electron chi connectivity index (χ3n) is 4.31. The van der Waals surface area contributed by atoms with Crippen molar-refractivity contribution < 1.29 is 10.2 Å². The monoisotopic (exact) mass is 318 g/mol. The maximum absolute atomic E-state index is 10.7. The van der Waals surface area contributed by atoms with E-state index in [2.05, 4.69) is 11.8 Å². The Labute approximate surface area is 144 Å². The highest BCUT2D eigenvalue weighted by Crippen LogP contribution is 2.30. The van der Waals surface area contributed by atoms with Gasteiger partial charge in [-0.15, -0.1) is 12.8 Å². The Morgan fingerprint density at radius 2 is 1.00 bits per heavy atom. The Balaban J connectivity index is 1.97. The molecule has 0 aliphatic carbocycles. The second-order valence-corrected chi connectivity index (χ2v) is 5.95. The van der Waals surface area contributed by atoms with Gasteiger partial charge in [-0.2, -0.15) is 0 Å². The maximum atomic E-state index is 10.7. The molecule has 2 atom stereocenters. The molecule has 24 heavy (non-hydrogen) atoms. The largest absolute Gasteiger partial charge is 0.373 e. The average molecular weight is 318 g/mol. The van der Waals surface area contributed by atoms with Gasteiger partial charge < -0.3 is 10.2 Å². The van der Waals surface area contributed by atoms with Crippen LogP contribution in [0.25, 0.3) is 0 Å². The van der Waals surface area contributed by atoms with Crippen LogP contribution in [-0.2, 0) is 11.2 Å². The molecule has 0 fully saturated rings. The summed E-state index contributed by atoms with van der Waals surface area (Å²) in [7, 11) is 0. The maximum Gasteiger partial charge on any atom is 0.150 e. The fraction of sp³-hybridized carbons (Fsp3) is 0.273. The lowest BCUT2D eigenvalue weighted by atomic mass is 9.85. The quantitative estimate of drug-likeness (QED) is 0.605. The van der Waals surface area contributed by atoms with Crippen molar-refractivity contribution in [3.8, 4) is 24.7 Å². The van der Waals surface area contributed by atoms with Crippen molar-refractivity contribution in [3.05, 3.63) is 71.8 Å². The standard InChI is InChI=1S/C22H22O2/c1-3-21(23,19-13-7-5-8-14-19)17-11-12-18-22(24,4-2)20-15-9-6-10-16-20/h1-2,5-10,13-16,23-24H,11-12,17-18H2/t21-,22+. The van der Waals surface area contributed by atoms with E-state index in [-0.39, 0.29) is 0 Å². The van der Waals surface area contributed by atoms with Crippen LogP contribution in [0.1, 0.15) is 36.8 Å². The Morgan fingerprint density at radius 3 is 1.29 bits per heavy atom. The third kappa shape index (κ3) is 4.06. The van der Waals surface area contributed by atoms with Gasteiger partial charge in [-0.05, 0) is 36.8 Å². The van der Waals surface area contributed by atoms with Crippen LogP contribution >= 0.6 is 0 Å². The van der Waals surface area contributed by atoms with Gasteiger partial charge >= 0.3 is 0 Å². The van der Waals surface area contributed by atoms with E-state index >= 15 is 0 Å². The van der Waals surface area contributed by atoms with Crippen LogP contribution in [0, 0.1) is 24.7 Å². The first-order valence-electron chi connectivity index (χ1n) is 8.05. The number of benzene rings is 2. The first-order valence-corrected chi connectivity index (χ1v) is 8.05. The van der Waals surface area contributed by atoms with E-state index < -0.39 is 11.2 Å². The van der Waals surface area contributed by atoms with Gasteiger partial charge in [-0.25, -0.2) is 0 Å². The smallest absolute Gasteiger partial charge is 0.150 e. The molecule has 0 saturated carbocycles. The zero-order valence-electron chi connectivity index (χ0n) is 13.7. The van der Waals surface area contributed by atoms with E-state index in [1.807, 2.05) is 60.7 Å². The van der Waals surface area contributed by atoms with Crippen LogP contribution in [0.4, 0.5) is 0 Å². The van der Waals surface area contributed by atoms with Crippen LogP contribution in [0.5, 0.6) is 0 Å². The van der Waals surface area contributed by atoms with Crippen molar-refractivity contribution >= 4 is 0 Å². The van der Waals surface area contributed by atoms with Crippen molar-refractivity contribution in [3.63, 3.8) is 0 Å². The Kier molecular flexibility index (Phi) is 5.83. The van der Waals surface area contributed by atoms with Crippen molar-refractivity contribution in [2.45, 2.75) is 36.9 Å². The predicted molar refractivity (Wildman–Crippen MR) is 96.8 cm³/mol. The molecule has 0 aromatic heterocycles. The number of terminal acetylenes is 2. The zero-order chi connectivity index (χ0) is 17.5. The van der Waals surface area contributed by atoms with E-state index in [0.29, 0.717) is 36.8 Å². The van der Waals surface area contributed by atoms with Gasteiger partial charge in [0, 0.05) is 0 Å². The van der Waals surface area contributed by atoms with Gasteiger partial charge in [0.15, 0.2) is 11.2 Å². The predicted octanol–water partition coefficient (Wildman–Crippen LogP) is 3.59. The van der Waals surface area contributed by atoms with Gasteiger partial charge in [-0.1, -0.05) is 72.5 Å². The summed E-state index contributed by atoms with van der Waals surface area (Å²) in [5.41, 5.74) is -1.16. The fourth-order valence-corrected chi connectivity index (χ4v) is 2.79. The number of aliphatic hydroxyl groups is 2. The lowest BCUT2D eigenvalue weighted by molar-refractivity contribution is 0.0712. The molecule has 0 aliphatic rings. The van der Waals surface area contributed by atoms with Crippen LogP contribution in [0.15, 0.2) is 60.7 Å². The van der Waals surface area contributed by atoms with Gasteiger partial charge in [0.1, 0.15) is 0 Å². The van der Waals surface area contributed by atoms with E-state index in [4.69, 9.17) is 12.8 Å². The zero-order valence-corrected chi connectivity index (χ0v) is 13.7. The molecule has 2 rings (SSSR count). The normalized spacial score (nSPS) is 15.5. The van der Waals surface area contributed by atoms with Crippen LogP contribution in [0.2, 0.25) is 0 Å². The van der Waals surface area contributed by atoms with E-state index in [9.17, 15) is 10.2 Å². The van der Waals surface area contributed by atoms with Gasteiger partial charge in [0.25, 0.3) is 0 Å². The molecule has 2 aromatic rings. The first kappa shape index (κ1) is 17.8. The number of hydrogen-bond donors (Lipinski definition) is 2. The van der Waals surface area contributed by atoms with Crippen molar-refractivity contribution in [1.29, 1.82) is 0 Å². The summed E-state index contributed by atoms with van der Waals surface area (Å²) in [6.07, 6.45) is 13.2. The molecule has 0 aliphatic heterocycles. The van der Waals surface area contributed by atoms with Gasteiger partial charge in [0.2, 0.25) is 0 Å². The molecule has 2 N–H and O–H groups in total. The van der Waals surface area contributed by atoms with Crippen molar-refractivity contribution in [2.24, 2.45) is 0 Å². The number of unbranched alkanes of at least 4 members (excludes halogenated alkanes) is 1. The summed E-state index contributed by atoms with van der Waals surface area (Å²) in [5.74, 6) is 4.98. The number of rotatable bonds is 7. The summed E-state index contributed by atoms with van der Waals surface area (Å²) >= 11 is 0. The summed E-state index contributed by atoms with van der Waals surface area (Å²) in [6.45, 7) is 0. The molecule has 0 saturated heterocycles. The molecule has 0 spiro atoms. The minimum atomic E-state index is -1.29. The van der Waals surface area contributed by atoms with E-state index in [1.54, 1.807) is 0 Å². The van der Waals surface area contributed by atoms with Gasteiger partial charge in [0.05, 0.1) is 0 Å². The second-order valence-electron chi connectivity index (χ2n) is 5.95. The van der Waals surface area contributed by atoms with Crippen LogP contribution < -0.4 is 0 Å². The third-order valence-corrected chi connectivity index (χ3v) is 4.31. The molecule has 0 heterocycles. The van der Waals surface area contributed by atoms with Crippen molar-refractivity contribution in [1.82, 2.24) is 0 Å². The van der Waals surface area contributed by atoms with Crippen LogP contribution in [0.3, 0.4) is 0 Å². The van der Waals surface area contributed by atoms with Crippen LogP contribution in [-0.4, -0.2) is 10.2 Å². The molecule has 0 amide bonds. The summed E-state index contributed by atoms with van der Waals surface area (Å²) in [4.78, 5) is 0.